The van der Waals surface area contributed by atoms with Crippen LogP contribution in [-0.4, -0.2) is 11.2 Å². The van der Waals surface area contributed by atoms with Crippen LogP contribution < -0.4 is 0 Å². The Morgan fingerprint density at radius 1 is 1.11 bits per heavy atom. The Balaban J connectivity index is 2.32. The van der Waals surface area contributed by atoms with Crippen LogP contribution in [0.5, 0.6) is 0 Å². The molecule has 0 heterocycles. The Hall–Kier alpha value is -0.0400. The van der Waals surface area contributed by atoms with Crippen molar-refractivity contribution in [1.29, 1.82) is 0 Å². The van der Waals surface area contributed by atoms with Gasteiger partial charge in [0, 0.05) is 0 Å². The average Bonchev–Trinajstić information content (AvgIpc) is 1.99. The summed E-state index contributed by atoms with van der Waals surface area (Å²) in [6.45, 7) is 2.15. The zero-order valence-corrected chi connectivity index (χ0v) is 6.14. The van der Waals surface area contributed by atoms with Gasteiger partial charge in [0.05, 0.1) is 6.10 Å². The minimum Gasteiger partial charge on any atom is -0.393 e. The van der Waals surface area contributed by atoms with E-state index in [1.54, 1.807) is 0 Å². The highest BCUT2D eigenvalue weighted by Crippen LogP contribution is 2.22. The van der Waals surface area contributed by atoms with E-state index in [9.17, 15) is 5.11 Å². The van der Waals surface area contributed by atoms with Gasteiger partial charge < -0.3 is 5.11 Å². The maximum absolute atomic E-state index is 9.36. The zero-order valence-electron chi connectivity index (χ0n) is 6.14. The van der Waals surface area contributed by atoms with E-state index >= 15 is 0 Å². The summed E-state index contributed by atoms with van der Waals surface area (Å²) >= 11 is 0. The lowest BCUT2D eigenvalue weighted by molar-refractivity contribution is 0.110. The Labute approximate surface area is 57.1 Å². The summed E-state index contributed by atoms with van der Waals surface area (Å²) in [4.78, 5) is 0. The molecule has 0 aromatic rings. The molecular weight excluding hydrogens is 112 g/mol. The fourth-order valence-corrected chi connectivity index (χ4v) is 1.47. The molecule has 0 bridgehead atoms. The van der Waals surface area contributed by atoms with Gasteiger partial charge >= 0.3 is 0 Å². The summed E-state index contributed by atoms with van der Waals surface area (Å²) < 4.78 is 0. The second-order valence-electron chi connectivity index (χ2n) is 3.18. The van der Waals surface area contributed by atoms with E-state index in [1.807, 2.05) is 0 Å². The molecule has 1 rings (SSSR count). The number of hydrogen-bond acceptors (Lipinski definition) is 1. The van der Waals surface area contributed by atoms with E-state index in [2.05, 4.69) is 6.92 Å². The summed E-state index contributed by atoms with van der Waals surface area (Å²) in [5.41, 5.74) is 0. The molecule has 0 radical (unpaired) electrons. The molecule has 0 unspecified atom stereocenters. The molecule has 2 atom stereocenters. The van der Waals surface area contributed by atoms with Crippen LogP contribution in [0.3, 0.4) is 0 Å². The van der Waals surface area contributed by atoms with E-state index in [0.29, 0.717) is 5.92 Å². The van der Waals surface area contributed by atoms with E-state index in [1.165, 1.54) is 25.7 Å². The van der Waals surface area contributed by atoms with Crippen LogP contribution >= 0.6 is 0 Å². The molecule has 1 nitrogen and oxygen atoms in total. The predicted molar refractivity (Wildman–Crippen MR) is 38.3 cm³/mol. The normalized spacial score (nSPS) is 38.0. The van der Waals surface area contributed by atoms with Crippen LogP contribution in [0.4, 0.5) is 0 Å². The zero-order chi connectivity index (χ0) is 6.69. The summed E-state index contributed by atoms with van der Waals surface area (Å²) in [7, 11) is 0. The molecule has 9 heavy (non-hydrogen) atoms. The third kappa shape index (κ3) is 1.98. The van der Waals surface area contributed by atoms with Crippen molar-refractivity contribution in [3.63, 3.8) is 0 Å². The van der Waals surface area contributed by atoms with E-state index in [0.717, 1.165) is 6.42 Å². The van der Waals surface area contributed by atoms with Crippen molar-refractivity contribution in [2.75, 3.05) is 0 Å². The van der Waals surface area contributed by atoms with Gasteiger partial charge in [0.2, 0.25) is 0 Å². The third-order valence-corrected chi connectivity index (χ3v) is 2.32. The van der Waals surface area contributed by atoms with E-state index in [-0.39, 0.29) is 6.10 Å². The monoisotopic (exact) mass is 128 g/mol. The number of aliphatic hydroxyl groups excluding tert-OH is 1. The lowest BCUT2D eigenvalue weighted by Crippen LogP contribution is -2.14. The first kappa shape index (κ1) is 7.07. The average molecular weight is 128 g/mol. The second-order valence-corrected chi connectivity index (χ2v) is 3.18. The lowest BCUT2D eigenvalue weighted by atomic mass is 10.0. The second kappa shape index (κ2) is 3.21. The maximum Gasteiger partial charge on any atom is 0.0565 e. The van der Waals surface area contributed by atoms with Gasteiger partial charge in [0.15, 0.2) is 0 Å². The van der Waals surface area contributed by atoms with Crippen LogP contribution in [-0.2, 0) is 0 Å². The summed E-state index contributed by atoms with van der Waals surface area (Å²) in [5, 5.41) is 9.36. The lowest BCUT2D eigenvalue weighted by Gasteiger charge is -2.13. The van der Waals surface area contributed by atoms with Crippen LogP contribution in [0.2, 0.25) is 0 Å². The Bertz CT molecular complexity index is 70.6. The van der Waals surface area contributed by atoms with Gasteiger partial charge in [-0.3, -0.25) is 0 Å². The molecule has 0 amide bonds. The fraction of sp³-hybridized carbons (Fsp3) is 1.00. The summed E-state index contributed by atoms with van der Waals surface area (Å²) in [6.07, 6.45) is 6.11. The Morgan fingerprint density at radius 3 is 2.56 bits per heavy atom. The minimum atomic E-state index is -0.00694. The molecule has 54 valence electrons. The maximum atomic E-state index is 9.36. The van der Waals surface area contributed by atoms with Crippen molar-refractivity contribution in [3.05, 3.63) is 0 Å². The highest BCUT2D eigenvalue weighted by molar-refractivity contribution is 4.68. The first-order chi connectivity index (χ1) is 4.30. The minimum absolute atomic E-state index is 0.00694. The van der Waals surface area contributed by atoms with Crippen molar-refractivity contribution >= 4 is 0 Å². The predicted octanol–water partition coefficient (Wildman–Crippen LogP) is 1.95. The molecule has 1 aliphatic rings. The molecule has 1 heteroatoms. The first-order valence-corrected chi connectivity index (χ1v) is 3.99. The molecule has 0 aromatic carbocycles. The van der Waals surface area contributed by atoms with Crippen molar-refractivity contribution in [3.8, 4) is 0 Å². The molecule has 0 aromatic heterocycles. The summed E-state index contributed by atoms with van der Waals surface area (Å²) in [6, 6.07) is 0. The van der Waals surface area contributed by atoms with Crippen molar-refractivity contribution < 1.29 is 5.11 Å². The van der Waals surface area contributed by atoms with Crippen molar-refractivity contribution in [2.24, 2.45) is 5.92 Å². The molecular formula is C8H16O. The van der Waals surface area contributed by atoms with Gasteiger partial charge in [-0.2, -0.15) is 0 Å². The smallest absolute Gasteiger partial charge is 0.0565 e. The van der Waals surface area contributed by atoms with Crippen molar-refractivity contribution in [1.82, 2.24) is 0 Å². The molecule has 0 spiro atoms. The molecule has 0 aliphatic heterocycles. The number of hydrogen-bond donors (Lipinski definition) is 1. The topological polar surface area (TPSA) is 20.2 Å². The molecule has 1 saturated carbocycles. The van der Waals surface area contributed by atoms with Crippen molar-refractivity contribution in [2.45, 2.75) is 45.1 Å². The van der Waals surface area contributed by atoms with Gasteiger partial charge in [-0.1, -0.05) is 26.2 Å². The third-order valence-electron chi connectivity index (χ3n) is 2.32. The van der Waals surface area contributed by atoms with Crippen LogP contribution in [0.15, 0.2) is 0 Å². The molecule has 1 aliphatic carbocycles. The number of rotatable bonds is 0. The highest BCUT2D eigenvalue weighted by atomic mass is 16.3. The van der Waals surface area contributed by atoms with Gasteiger partial charge in [0.25, 0.3) is 0 Å². The Morgan fingerprint density at radius 2 is 1.78 bits per heavy atom. The first-order valence-electron chi connectivity index (χ1n) is 3.99. The van der Waals surface area contributed by atoms with E-state index < -0.39 is 0 Å². The van der Waals surface area contributed by atoms with Gasteiger partial charge in [0.1, 0.15) is 0 Å². The van der Waals surface area contributed by atoms with Crippen LogP contribution in [0.25, 0.3) is 0 Å². The highest BCUT2D eigenvalue weighted by Gasteiger charge is 2.15. The van der Waals surface area contributed by atoms with E-state index in [4.69, 9.17) is 0 Å². The fourth-order valence-electron chi connectivity index (χ4n) is 1.47. The molecule has 1 N–H and O–H groups in total. The SMILES string of the molecule is C[C@@H]1CCCCC[C@@H]1O. The number of aliphatic hydroxyl groups is 1. The molecule has 1 fully saturated rings. The standard InChI is InChI=1S/C8H16O/c1-7-5-3-2-4-6-8(7)9/h7-9H,2-6H2,1H3/t7-,8+/m1/s1. The largest absolute Gasteiger partial charge is 0.393 e. The van der Waals surface area contributed by atoms with Gasteiger partial charge in [-0.25, -0.2) is 0 Å². The van der Waals surface area contributed by atoms with Crippen LogP contribution in [0.1, 0.15) is 39.0 Å². The van der Waals surface area contributed by atoms with Gasteiger partial charge in [-0.05, 0) is 18.8 Å². The molecule has 0 saturated heterocycles. The summed E-state index contributed by atoms with van der Waals surface area (Å²) in [5.74, 6) is 0.549. The Kier molecular flexibility index (Phi) is 2.52. The van der Waals surface area contributed by atoms with Crippen LogP contribution in [0, 0.1) is 5.92 Å². The van der Waals surface area contributed by atoms with Gasteiger partial charge in [-0.15, -0.1) is 0 Å². The quantitative estimate of drug-likeness (QED) is 0.494.